The van der Waals surface area contributed by atoms with Crippen LogP contribution in [-0.2, 0) is 0 Å². The molecule has 0 unspecified atom stereocenters. The summed E-state index contributed by atoms with van der Waals surface area (Å²) in [5, 5.41) is 0. The molecule has 1 aliphatic carbocycles. The molecule has 8 aromatic rings. The van der Waals surface area contributed by atoms with E-state index >= 15 is 0 Å². The lowest BCUT2D eigenvalue weighted by Gasteiger charge is -2.33. The Bertz CT molecular complexity index is 2700. The fourth-order valence-electron chi connectivity index (χ4n) is 8.92. The molecule has 11 rings (SSSR count). The first-order valence-electron chi connectivity index (χ1n) is 17.4. The van der Waals surface area contributed by atoms with E-state index in [1.54, 1.807) is 0 Å². The summed E-state index contributed by atoms with van der Waals surface area (Å²) in [5.74, 6) is 1.85. The second-order valence-corrected chi connectivity index (χ2v) is 13.5. The zero-order valence-corrected chi connectivity index (χ0v) is 27.2. The number of rotatable bonds is 0. The highest BCUT2D eigenvalue weighted by molar-refractivity contribution is 6.98. The largest absolute Gasteiger partial charge is 0.458 e. The Balaban J connectivity index is 1.29. The van der Waals surface area contributed by atoms with Crippen molar-refractivity contribution < 1.29 is 4.74 Å². The minimum absolute atomic E-state index is 0.0502. The van der Waals surface area contributed by atoms with Gasteiger partial charge in [0.15, 0.2) is 0 Å². The lowest BCUT2D eigenvalue weighted by Crippen LogP contribution is -2.56. The standard InChI is InChI=1S/C48H29BO/c1-2-16-32-30(14-1)33-17-4-7-21-37(33)41-28-29-44-48(46(41)40-24-10-9-20-36(32)40)50-45-27-13-25-42-38-22-8-5-18-34(38)31-15-3-6-19-35(31)39-23-11-12-26-43(39)49(44)47(42)45/h1-29H. The molecule has 0 amide bonds. The lowest BCUT2D eigenvalue weighted by molar-refractivity contribution is 0.489. The van der Waals surface area contributed by atoms with E-state index in [0.717, 1.165) is 17.1 Å². The van der Waals surface area contributed by atoms with Gasteiger partial charge in [-0.2, -0.15) is 0 Å². The van der Waals surface area contributed by atoms with Crippen LogP contribution in [0, 0.1) is 0 Å². The molecule has 2 heterocycles. The van der Waals surface area contributed by atoms with E-state index in [-0.39, 0.29) is 6.71 Å². The van der Waals surface area contributed by atoms with Gasteiger partial charge in [0.1, 0.15) is 11.5 Å². The van der Waals surface area contributed by atoms with Crippen molar-refractivity contribution in [2.45, 2.75) is 0 Å². The quantitative estimate of drug-likeness (QED) is 0.151. The van der Waals surface area contributed by atoms with Crippen LogP contribution in [0.15, 0.2) is 176 Å². The lowest BCUT2D eigenvalue weighted by atomic mass is 9.34. The topological polar surface area (TPSA) is 9.23 Å². The Morgan fingerprint density at radius 3 is 1.24 bits per heavy atom. The minimum Gasteiger partial charge on any atom is -0.458 e. The molecule has 2 heteroatoms. The van der Waals surface area contributed by atoms with Gasteiger partial charge in [0.25, 0.3) is 6.71 Å². The van der Waals surface area contributed by atoms with Gasteiger partial charge in [-0.3, -0.25) is 0 Å². The molecule has 50 heavy (non-hydrogen) atoms. The summed E-state index contributed by atoms with van der Waals surface area (Å²) < 4.78 is 7.32. The Kier molecular flexibility index (Phi) is 5.82. The third kappa shape index (κ3) is 3.79. The monoisotopic (exact) mass is 632 g/mol. The Hall–Kier alpha value is -6.38. The molecule has 8 aromatic carbocycles. The molecule has 3 aliphatic rings. The van der Waals surface area contributed by atoms with Crippen molar-refractivity contribution in [2.24, 2.45) is 0 Å². The summed E-state index contributed by atoms with van der Waals surface area (Å²) in [6.07, 6.45) is 0. The Morgan fingerprint density at radius 1 is 0.280 bits per heavy atom. The number of ether oxygens (including phenoxy) is 1. The van der Waals surface area contributed by atoms with Crippen LogP contribution in [0.25, 0.3) is 77.9 Å². The molecule has 0 aromatic heterocycles. The van der Waals surface area contributed by atoms with Crippen molar-refractivity contribution >= 4 is 23.1 Å². The molecule has 0 saturated carbocycles. The normalized spacial score (nSPS) is 12.5. The van der Waals surface area contributed by atoms with Crippen LogP contribution in [0.5, 0.6) is 11.5 Å². The average molecular weight is 633 g/mol. The predicted octanol–water partition coefficient (Wildman–Crippen LogP) is 10.6. The third-order valence-electron chi connectivity index (χ3n) is 11.0. The second kappa shape index (κ2) is 10.6. The maximum atomic E-state index is 7.32. The van der Waals surface area contributed by atoms with Gasteiger partial charge in [-0.05, 0) is 89.3 Å². The minimum atomic E-state index is -0.0502. The third-order valence-corrected chi connectivity index (χ3v) is 11.0. The SMILES string of the molecule is c1ccc2c(c1)B1c3ccc4c(c3Oc3cccc(c31)-c1ccccc1-c1ccccc1-2)-c1ccccc1-c1ccccc1-c1ccccc1-4. The molecule has 230 valence electrons. The van der Waals surface area contributed by atoms with Gasteiger partial charge in [-0.25, -0.2) is 0 Å². The van der Waals surface area contributed by atoms with Gasteiger partial charge in [-0.15, -0.1) is 0 Å². The van der Waals surface area contributed by atoms with E-state index in [2.05, 4.69) is 176 Å². The highest BCUT2D eigenvalue weighted by Gasteiger charge is 2.40. The second-order valence-electron chi connectivity index (χ2n) is 13.5. The van der Waals surface area contributed by atoms with Crippen LogP contribution >= 0.6 is 0 Å². The number of hydrogen-bond acceptors (Lipinski definition) is 1. The molecule has 0 saturated heterocycles. The Morgan fingerprint density at radius 2 is 0.680 bits per heavy atom. The molecule has 2 aliphatic heterocycles. The van der Waals surface area contributed by atoms with Gasteiger partial charge < -0.3 is 4.74 Å². The number of hydrogen-bond donors (Lipinski definition) is 0. The van der Waals surface area contributed by atoms with Crippen molar-refractivity contribution in [2.75, 3.05) is 0 Å². The summed E-state index contributed by atoms with van der Waals surface area (Å²) in [6.45, 7) is -0.0502. The van der Waals surface area contributed by atoms with Gasteiger partial charge in [-0.1, -0.05) is 175 Å². The van der Waals surface area contributed by atoms with E-state index in [0.29, 0.717) is 0 Å². The van der Waals surface area contributed by atoms with Crippen molar-refractivity contribution in [3.8, 4) is 89.4 Å². The zero-order chi connectivity index (χ0) is 32.8. The maximum Gasteiger partial charge on any atom is 0.252 e. The molecule has 0 radical (unpaired) electrons. The molecule has 0 N–H and O–H groups in total. The molecule has 0 fully saturated rings. The summed E-state index contributed by atoms with van der Waals surface area (Å²) in [4.78, 5) is 0. The van der Waals surface area contributed by atoms with E-state index in [9.17, 15) is 0 Å². The number of benzene rings is 8. The van der Waals surface area contributed by atoms with Crippen molar-refractivity contribution in [1.29, 1.82) is 0 Å². The molecule has 1 nitrogen and oxygen atoms in total. The van der Waals surface area contributed by atoms with Crippen LogP contribution in [0.4, 0.5) is 0 Å². The van der Waals surface area contributed by atoms with Crippen molar-refractivity contribution in [3.05, 3.63) is 176 Å². The first-order chi connectivity index (χ1) is 24.8. The molecular formula is C48H29BO. The van der Waals surface area contributed by atoms with Crippen LogP contribution < -0.4 is 21.1 Å². The first kappa shape index (κ1) is 27.6. The van der Waals surface area contributed by atoms with E-state index < -0.39 is 0 Å². The van der Waals surface area contributed by atoms with Crippen molar-refractivity contribution in [1.82, 2.24) is 0 Å². The van der Waals surface area contributed by atoms with E-state index in [4.69, 9.17) is 4.74 Å². The molecular weight excluding hydrogens is 603 g/mol. The smallest absolute Gasteiger partial charge is 0.252 e. The van der Waals surface area contributed by atoms with Crippen LogP contribution in [0.2, 0.25) is 0 Å². The predicted molar refractivity (Wildman–Crippen MR) is 209 cm³/mol. The number of fused-ring (bicyclic) bond motifs is 18. The first-order valence-corrected chi connectivity index (χ1v) is 17.4. The van der Waals surface area contributed by atoms with E-state index in [1.165, 1.54) is 88.7 Å². The fourth-order valence-corrected chi connectivity index (χ4v) is 8.92. The fraction of sp³-hybridized carbons (Fsp3) is 0. The Labute approximate surface area is 292 Å². The summed E-state index contributed by atoms with van der Waals surface area (Å²) in [7, 11) is 0. The summed E-state index contributed by atoms with van der Waals surface area (Å²) >= 11 is 0. The highest BCUT2D eigenvalue weighted by Crippen LogP contribution is 2.51. The van der Waals surface area contributed by atoms with Gasteiger partial charge in [0.05, 0.1) is 0 Å². The summed E-state index contributed by atoms with van der Waals surface area (Å²) in [6, 6.07) is 64.6. The molecule has 0 spiro atoms. The van der Waals surface area contributed by atoms with Crippen molar-refractivity contribution in [3.63, 3.8) is 0 Å². The van der Waals surface area contributed by atoms with Crippen LogP contribution in [0.1, 0.15) is 0 Å². The van der Waals surface area contributed by atoms with Gasteiger partial charge >= 0.3 is 0 Å². The average Bonchev–Trinajstić information content (AvgIpc) is 3.23. The van der Waals surface area contributed by atoms with Gasteiger partial charge in [0.2, 0.25) is 0 Å². The van der Waals surface area contributed by atoms with E-state index in [1.807, 2.05) is 0 Å². The zero-order valence-electron chi connectivity index (χ0n) is 27.2. The van der Waals surface area contributed by atoms with Crippen LogP contribution in [0.3, 0.4) is 0 Å². The van der Waals surface area contributed by atoms with Gasteiger partial charge in [0, 0.05) is 5.56 Å². The summed E-state index contributed by atoms with van der Waals surface area (Å²) in [5.41, 5.74) is 20.8. The molecule has 0 bridgehead atoms. The maximum absolute atomic E-state index is 7.32. The molecule has 0 atom stereocenters. The van der Waals surface area contributed by atoms with Crippen LogP contribution in [-0.4, -0.2) is 6.71 Å². The highest BCUT2D eigenvalue weighted by atomic mass is 16.5.